The summed E-state index contributed by atoms with van der Waals surface area (Å²) in [6.45, 7) is 2.79. The third-order valence-electron chi connectivity index (χ3n) is 4.88. The number of halogens is 2. The Hall–Kier alpha value is -1.70. The zero-order valence-corrected chi connectivity index (χ0v) is 17.4. The Bertz CT molecular complexity index is 1110. The Morgan fingerprint density at radius 1 is 0.929 bits per heavy atom. The van der Waals surface area contributed by atoms with Gasteiger partial charge in [-0.05, 0) is 30.3 Å². The number of rotatable bonds is 4. The van der Waals surface area contributed by atoms with Crippen molar-refractivity contribution in [1.82, 2.24) is 14.2 Å². The van der Waals surface area contributed by atoms with E-state index in [0.29, 0.717) is 37.7 Å². The van der Waals surface area contributed by atoms with Crippen molar-refractivity contribution >= 4 is 44.1 Å². The summed E-state index contributed by atoms with van der Waals surface area (Å²) in [5.41, 5.74) is 1.95. The molecule has 0 aliphatic carbocycles. The fourth-order valence-electron chi connectivity index (χ4n) is 3.38. The summed E-state index contributed by atoms with van der Waals surface area (Å²) >= 11 is 12.0. The van der Waals surface area contributed by atoms with Crippen LogP contribution in [0.25, 0.3) is 10.9 Å². The molecule has 2 heterocycles. The smallest absolute Gasteiger partial charge is 0.244 e. The minimum atomic E-state index is -3.63. The largest absolute Gasteiger partial charge is 0.295 e. The van der Waals surface area contributed by atoms with Crippen molar-refractivity contribution in [3.8, 4) is 0 Å². The van der Waals surface area contributed by atoms with Crippen LogP contribution >= 0.6 is 23.2 Å². The van der Waals surface area contributed by atoms with Crippen molar-refractivity contribution in [2.45, 2.75) is 11.4 Å². The first-order valence-electron chi connectivity index (χ1n) is 8.96. The number of hydrogen-bond acceptors (Lipinski definition) is 4. The van der Waals surface area contributed by atoms with E-state index in [4.69, 9.17) is 28.2 Å². The monoisotopic (exact) mass is 435 g/mol. The fourth-order valence-corrected chi connectivity index (χ4v) is 5.55. The highest BCUT2D eigenvalue weighted by Crippen LogP contribution is 2.28. The summed E-state index contributed by atoms with van der Waals surface area (Å²) < 4.78 is 27.3. The van der Waals surface area contributed by atoms with Gasteiger partial charge < -0.3 is 0 Å². The van der Waals surface area contributed by atoms with Crippen molar-refractivity contribution in [2.75, 3.05) is 26.2 Å². The number of nitrogens with zero attached hydrogens (tertiary/aromatic N) is 3. The zero-order valence-electron chi connectivity index (χ0n) is 15.1. The van der Waals surface area contributed by atoms with Crippen LogP contribution in [-0.2, 0) is 16.6 Å². The first-order chi connectivity index (χ1) is 13.4. The van der Waals surface area contributed by atoms with Crippen LogP contribution in [0.5, 0.6) is 0 Å². The topological polar surface area (TPSA) is 53.5 Å². The van der Waals surface area contributed by atoms with E-state index in [9.17, 15) is 8.42 Å². The molecule has 1 aliphatic rings. The molecule has 5 nitrogen and oxygen atoms in total. The van der Waals surface area contributed by atoms with Gasteiger partial charge in [-0.25, -0.2) is 8.42 Å². The number of piperazine rings is 1. The number of benzene rings is 2. The number of hydrogen-bond donors (Lipinski definition) is 0. The minimum Gasteiger partial charge on any atom is -0.295 e. The molecule has 0 unspecified atom stereocenters. The molecule has 0 N–H and O–H groups in total. The molecule has 1 aliphatic heterocycles. The predicted molar refractivity (Wildman–Crippen MR) is 112 cm³/mol. The van der Waals surface area contributed by atoms with Crippen molar-refractivity contribution in [2.24, 2.45) is 0 Å². The van der Waals surface area contributed by atoms with E-state index in [0.717, 1.165) is 16.6 Å². The molecule has 4 rings (SSSR count). The van der Waals surface area contributed by atoms with Gasteiger partial charge in [0, 0.05) is 43.1 Å². The van der Waals surface area contributed by atoms with Gasteiger partial charge >= 0.3 is 0 Å². The van der Waals surface area contributed by atoms with E-state index >= 15 is 0 Å². The highest BCUT2D eigenvalue weighted by Gasteiger charge is 2.30. The summed E-state index contributed by atoms with van der Waals surface area (Å²) in [6.07, 6.45) is 0. The number of pyridine rings is 1. The first kappa shape index (κ1) is 19.6. The molecule has 0 atom stereocenters. The van der Waals surface area contributed by atoms with Gasteiger partial charge in [-0.15, -0.1) is 0 Å². The second kappa shape index (κ2) is 7.97. The fraction of sp³-hybridized carbons (Fsp3) is 0.250. The molecule has 2 aromatic carbocycles. The molecule has 8 heteroatoms. The van der Waals surface area contributed by atoms with E-state index in [-0.39, 0.29) is 9.92 Å². The second-order valence-electron chi connectivity index (χ2n) is 6.75. The van der Waals surface area contributed by atoms with Crippen molar-refractivity contribution in [1.29, 1.82) is 0 Å². The average Bonchev–Trinajstić information content (AvgIpc) is 2.68. The lowest BCUT2D eigenvalue weighted by molar-refractivity contribution is 0.180. The van der Waals surface area contributed by atoms with Crippen LogP contribution in [0.2, 0.25) is 10.0 Å². The van der Waals surface area contributed by atoms with Gasteiger partial charge in [0.05, 0.1) is 16.2 Å². The summed E-state index contributed by atoms with van der Waals surface area (Å²) in [5.74, 6) is 0. The van der Waals surface area contributed by atoms with E-state index in [2.05, 4.69) is 11.0 Å². The van der Waals surface area contributed by atoms with Gasteiger partial charge in [-0.3, -0.25) is 9.88 Å². The highest BCUT2D eigenvalue weighted by atomic mass is 35.5. The van der Waals surface area contributed by atoms with E-state index < -0.39 is 10.0 Å². The third-order valence-corrected chi connectivity index (χ3v) is 7.50. The Morgan fingerprint density at radius 3 is 2.43 bits per heavy atom. The second-order valence-corrected chi connectivity index (χ2v) is 9.50. The first-order valence-corrected chi connectivity index (χ1v) is 11.2. The van der Waals surface area contributed by atoms with E-state index in [1.165, 1.54) is 16.4 Å². The molecule has 146 valence electrons. The number of sulfonamides is 1. The molecule has 3 aromatic rings. The molecule has 0 saturated carbocycles. The lowest BCUT2D eigenvalue weighted by Gasteiger charge is -2.33. The van der Waals surface area contributed by atoms with Crippen LogP contribution in [0.4, 0.5) is 0 Å². The van der Waals surface area contributed by atoms with Crippen LogP contribution in [0.3, 0.4) is 0 Å². The maximum Gasteiger partial charge on any atom is 0.244 e. The lowest BCUT2D eigenvalue weighted by Crippen LogP contribution is -2.48. The molecule has 0 amide bonds. The van der Waals surface area contributed by atoms with Crippen LogP contribution in [0.1, 0.15) is 5.69 Å². The van der Waals surface area contributed by atoms with Crippen molar-refractivity contribution in [3.05, 3.63) is 70.3 Å². The number of para-hydroxylation sites is 1. The normalized spacial score (nSPS) is 16.5. The van der Waals surface area contributed by atoms with Crippen LogP contribution < -0.4 is 0 Å². The molecule has 1 fully saturated rings. The Balaban J connectivity index is 1.43. The predicted octanol–water partition coefficient (Wildman–Crippen LogP) is 4.05. The van der Waals surface area contributed by atoms with Crippen LogP contribution in [0.15, 0.2) is 59.5 Å². The van der Waals surface area contributed by atoms with Gasteiger partial charge in [0.15, 0.2) is 0 Å². The highest BCUT2D eigenvalue weighted by molar-refractivity contribution is 7.89. The summed E-state index contributed by atoms with van der Waals surface area (Å²) in [4.78, 5) is 7.02. The molecule has 0 spiro atoms. The van der Waals surface area contributed by atoms with Gasteiger partial charge in [-0.2, -0.15) is 4.31 Å². The Kier molecular flexibility index (Phi) is 5.58. The average molecular weight is 436 g/mol. The third kappa shape index (κ3) is 4.02. The lowest BCUT2D eigenvalue weighted by atomic mass is 10.2. The molecule has 0 bridgehead atoms. The van der Waals surface area contributed by atoms with E-state index in [1.54, 1.807) is 6.07 Å². The zero-order chi connectivity index (χ0) is 19.7. The minimum absolute atomic E-state index is 0.100. The molecular formula is C20H19Cl2N3O2S. The summed E-state index contributed by atoms with van der Waals surface area (Å²) in [5, 5.41) is 1.67. The van der Waals surface area contributed by atoms with Crippen molar-refractivity contribution < 1.29 is 8.42 Å². The summed E-state index contributed by atoms with van der Waals surface area (Å²) in [7, 11) is -3.63. The van der Waals surface area contributed by atoms with Gasteiger partial charge in [0.2, 0.25) is 10.0 Å². The van der Waals surface area contributed by atoms with Gasteiger partial charge in [-0.1, -0.05) is 47.5 Å². The van der Waals surface area contributed by atoms with Gasteiger partial charge in [0.1, 0.15) is 4.90 Å². The van der Waals surface area contributed by atoms with E-state index in [1.807, 2.05) is 30.3 Å². The molecule has 0 radical (unpaired) electrons. The maximum absolute atomic E-state index is 12.9. The summed E-state index contributed by atoms with van der Waals surface area (Å²) in [6, 6.07) is 16.6. The molecule has 28 heavy (non-hydrogen) atoms. The number of aromatic nitrogens is 1. The standard InChI is InChI=1S/C20H19Cl2N3O2S/c21-16-6-8-20(18(22)13-16)28(26,27)25-11-9-24(10-12-25)14-17-7-5-15-3-1-2-4-19(15)23-17/h1-8,13H,9-12,14H2. The van der Waals surface area contributed by atoms with Gasteiger partial charge in [0.25, 0.3) is 0 Å². The quantitative estimate of drug-likeness (QED) is 0.620. The SMILES string of the molecule is O=S(=O)(c1ccc(Cl)cc1Cl)N1CCN(Cc2ccc3ccccc3n2)CC1. The molecular weight excluding hydrogens is 417 g/mol. The van der Waals surface area contributed by atoms with Crippen molar-refractivity contribution in [3.63, 3.8) is 0 Å². The van der Waals surface area contributed by atoms with Crippen LogP contribution in [-0.4, -0.2) is 48.8 Å². The molecule has 1 saturated heterocycles. The van der Waals surface area contributed by atoms with Crippen LogP contribution in [0, 0.1) is 0 Å². The maximum atomic E-state index is 12.9. The Labute approximate surface area is 174 Å². The number of fused-ring (bicyclic) bond motifs is 1. The molecule has 1 aromatic heterocycles. The Morgan fingerprint density at radius 2 is 1.68 bits per heavy atom.